The van der Waals surface area contributed by atoms with Crippen molar-refractivity contribution in [2.45, 2.75) is 32.7 Å². The Hall–Kier alpha value is -1.88. The first-order valence-corrected chi connectivity index (χ1v) is 8.86. The summed E-state index contributed by atoms with van der Waals surface area (Å²) >= 11 is 0. The molecule has 1 aliphatic heterocycles. The van der Waals surface area contributed by atoms with E-state index in [1.165, 1.54) is 0 Å². The van der Waals surface area contributed by atoms with Gasteiger partial charge in [-0.05, 0) is 44.0 Å². The summed E-state index contributed by atoms with van der Waals surface area (Å²) in [5, 5.41) is 6.14. The highest BCUT2D eigenvalue weighted by molar-refractivity contribution is 5.97. The molecule has 3 unspecified atom stereocenters. The van der Waals surface area contributed by atoms with Crippen LogP contribution in [-0.4, -0.2) is 49.4 Å². The molecule has 3 atom stereocenters. The quantitative estimate of drug-likeness (QED) is 0.802. The summed E-state index contributed by atoms with van der Waals surface area (Å²) in [6.07, 6.45) is 1.87. The van der Waals surface area contributed by atoms with Crippen molar-refractivity contribution < 1.29 is 9.59 Å². The predicted octanol–water partition coefficient (Wildman–Crippen LogP) is 1.90. The lowest BCUT2D eigenvalue weighted by atomic mass is 9.97. The normalized spacial score (nSPS) is 19.8. The molecule has 2 amide bonds. The van der Waals surface area contributed by atoms with E-state index in [1.54, 1.807) is 12.1 Å². The minimum Gasteiger partial charge on any atom is -0.341 e. The molecule has 0 spiro atoms. The van der Waals surface area contributed by atoms with E-state index in [0.717, 1.165) is 32.5 Å². The molecule has 0 saturated carbocycles. The zero-order valence-electron chi connectivity index (χ0n) is 14.9. The van der Waals surface area contributed by atoms with Crippen LogP contribution >= 0.6 is 0 Å². The summed E-state index contributed by atoms with van der Waals surface area (Å²) in [7, 11) is 1.94. The second-order valence-electron chi connectivity index (χ2n) is 6.70. The van der Waals surface area contributed by atoms with Crippen molar-refractivity contribution in [1.29, 1.82) is 0 Å². The van der Waals surface area contributed by atoms with Crippen LogP contribution in [0.5, 0.6) is 0 Å². The molecule has 1 aromatic rings. The standard InChI is InChI=1S/C19H29N3O2/c1-4-14(2)17(21-18(23)16-8-6-5-7-9-16)19(24)22-11-10-15(13-22)12-20-3/h5-9,14-15,17,20H,4,10-13H2,1-3H3,(H,21,23). The molecular weight excluding hydrogens is 302 g/mol. The number of amides is 2. The van der Waals surface area contributed by atoms with E-state index in [4.69, 9.17) is 0 Å². The molecule has 0 aliphatic carbocycles. The first-order chi connectivity index (χ1) is 11.6. The third-order valence-corrected chi connectivity index (χ3v) is 4.89. The van der Waals surface area contributed by atoms with Gasteiger partial charge in [-0.2, -0.15) is 0 Å². The van der Waals surface area contributed by atoms with Gasteiger partial charge in [0.25, 0.3) is 5.91 Å². The van der Waals surface area contributed by atoms with E-state index in [1.807, 2.05) is 44.0 Å². The Morgan fingerprint density at radius 1 is 1.29 bits per heavy atom. The summed E-state index contributed by atoms with van der Waals surface area (Å²) in [5.41, 5.74) is 0.591. The number of carbonyl (C=O) groups is 2. The van der Waals surface area contributed by atoms with Gasteiger partial charge >= 0.3 is 0 Å². The van der Waals surface area contributed by atoms with Gasteiger partial charge in [0.2, 0.25) is 5.91 Å². The zero-order valence-corrected chi connectivity index (χ0v) is 14.9. The minimum absolute atomic E-state index is 0.0484. The molecule has 1 fully saturated rings. The molecule has 5 heteroatoms. The number of nitrogens with one attached hydrogen (secondary N) is 2. The maximum absolute atomic E-state index is 13.0. The van der Waals surface area contributed by atoms with Gasteiger partial charge in [0.15, 0.2) is 0 Å². The summed E-state index contributed by atoms with van der Waals surface area (Å²) in [5.74, 6) is 0.474. The van der Waals surface area contributed by atoms with Gasteiger partial charge in [0.05, 0.1) is 0 Å². The molecule has 1 aliphatic rings. The first kappa shape index (κ1) is 18.5. The minimum atomic E-state index is -0.462. The van der Waals surface area contributed by atoms with Crippen molar-refractivity contribution in [1.82, 2.24) is 15.5 Å². The van der Waals surface area contributed by atoms with Crippen molar-refractivity contribution in [2.24, 2.45) is 11.8 Å². The Morgan fingerprint density at radius 3 is 2.62 bits per heavy atom. The van der Waals surface area contributed by atoms with Crippen molar-refractivity contribution >= 4 is 11.8 Å². The molecule has 0 radical (unpaired) electrons. The van der Waals surface area contributed by atoms with E-state index in [-0.39, 0.29) is 17.7 Å². The second-order valence-corrected chi connectivity index (χ2v) is 6.70. The SMILES string of the molecule is CCC(C)C(NC(=O)c1ccccc1)C(=O)N1CCC(CNC)C1. The van der Waals surface area contributed by atoms with Crippen molar-refractivity contribution in [3.63, 3.8) is 0 Å². The largest absolute Gasteiger partial charge is 0.341 e. The molecule has 1 aromatic carbocycles. The van der Waals surface area contributed by atoms with Gasteiger partial charge in [-0.15, -0.1) is 0 Å². The number of hydrogen-bond donors (Lipinski definition) is 2. The van der Waals surface area contributed by atoms with Gasteiger partial charge in [0, 0.05) is 18.7 Å². The second kappa shape index (κ2) is 8.83. The van der Waals surface area contributed by atoms with E-state index in [0.29, 0.717) is 11.5 Å². The zero-order chi connectivity index (χ0) is 17.5. The third kappa shape index (κ3) is 4.57. The molecule has 2 rings (SSSR count). The molecule has 5 nitrogen and oxygen atoms in total. The summed E-state index contributed by atoms with van der Waals surface area (Å²) in [4.78, 5) is 27.3. The van der Waals surface area contributed by atoms with E-state index < -0.39 is 6.04 Å². The Balaban J connectivity index is 2.05. The maximum Gasteiger partial charge on any atom is 0.251 e. The summed E-state index contributed by atoms with van der Waals surface area (Å²) in [6.45, 7) is 6.55. The average molecular weight is 331 g/mol. The van der Waals surface area contributed by atoms with Gasteiger partial charge < -0.3 is 15.5 Å². The monoisotopic (exact) mass is 331 g/mol. The number of rotatable bonds is 7. The lowest BCUT2D eigenvalue weighted by molar-refractivity contribution is -0.133. The number of nitrogens with zero attached hydrogens (tertiary/aromatic N) is 1. The lowest BCUT2D eigenvalue weighted by Crippen LogP contribution is -2.51. The van der Waals surface area contributed by atoms with Gasteiger partial charge in [-0.3, -0.25) is 9.59 Å². The van der Waals surface area contributed by atoms with Gasteiger partial charge in [0.1, 0.15) is 6.04 Å². The highest BCUT2D eigenvalue weighted by atomic mass is 16.2. The Labute approximate surface area is 144 Å². The maximum atomic E-state index is 13.0. The Morgan fingerprint density at radius 2 is 2.00 bits per heavy atom. The van der Waals surface area contributed by atoms with Crippen molar-refractivity contribution in [3.8, 4) is 0 Å². The molecule has 0 bridgehead atoms. The van der Waals surface area contributed by atoms with Crippen LogP contribution in [0.1, 0.15) is 37.0 Å². The fraction of sp³-hybridized carbons (Fsp3) is 0.579. The first-order valence-electron chi connectivity index (χ1n) is 8.86. The van der Waals surface area contributed by atoms with Gasteiger partial charge in [-0.25, -0.2) is 0 Å². The molecule has 24 heavy (non-hydrogen) atoms. The predicted molar refractivity (Wildman–Crippen MR) is 95.8 cm³/mol. The number of benzene rings is 1. The number of hydrogen-bond acceptors (Lipinski definition) is 3. The third-order valence-electron chi connectivity index (χ3n) is 4.89. The van der Waals surface area contributed by atoms with Crippen LogP contribution < -0.4 is 10.6 Å². The Kier molecular flexibility index (Phi) is 6.79. The fourth-order valence-corrected chi connectivity index (χ4v) is 3.18. The fourth-order valence-electron chi connectivity index (χ4n) is 3.18. The van der Waals surface area contributed by atoms with Crippen LogP contribution in [0.4, 0.5) is 0 Å². The van der Waals surface area contributed by atoms with Crippen LogP contribution in [0.15, 0.2) is 30.3 Å². The highest BCUT2D eigenvalue weighted by Crippen LogP contribution is 2.19. The molecule has 1 saturated heterocycles. The molecule has 2 N–H and O–H groups in total. The van der Waals surface area contributed by atoms with Crippen LogP contribution in [-0.2, 0) is 4.79 Å². The molecular formula is C19H29N3O2. The smallest absolute Gasteiger partial charge is 0.251 e. The molecule has 0 aromatic heterocycles. The van der Waals surface area contributed by atoms with Crippen LogP contribution in [0.25, 0.3) is 0 Å². The summed E-state index contributed by atoms with van der Waals surface area (Å²) in [6, 6.07) is 8.62. The van der Waals surface area contributed by atoms with Crippen molar-refractivity contribution in [3.05, 3.63) is 35.9 Å². The van der Waals surface area contributed by atoms with E-state index in [2.05, 4.69) is 10.6 Å². The topological polar surface area (TPSA) is 61.4 Å². The lowest BCUT2D eigenvalue weighted by Gasteiger charge is -2.28. The number of carbonyl (C=O) groups excluding carboxylic acids is 2. The molecule has 1 heterocycles. The Bertz CT molecular complexity index is 547. The van der Waals surface area contributed by atoms with Crippen LogP contribution in [0, 0.1) is 11.8 Å². The average Bonchev–Trinajstić information content (AvgIpc) is 3.08. The van der Waals surface area contributed by atoms with Crippen LogP contribution in [0.3, 0.4) is 0 Å². The summed E-state index contributed by atoms with van der Waals surface area (Å²) < 4.78 is 0. The van der Waals surface area contributed by atoms with E-state index >= 15 is 0 Å². The highest BCUT2D eigenvalue weighted by Gasteiger charge is 2.33. The number of likely N-dealkylation sites (tertiary alicyclic amines) is 1. The van der Waals surface area contributed by atoms with E-state index in [9.17, 15) is 9.59 Å². The van der Waals surface area contributed by atoms with Gasteiger partial charge in [-0.1, -0.05) is 38.5 Å². The van der Waals surface area contributed by atoms with Crippen LogP contribution in [0.2, 0.25) is 0 Å². The van der Waals surface area contributed by atoms with Crippen molar-refractivity contribution in [2.75, 3.05) is 26.7 Å². The molecule has 132 valence electrons.